The van der Waals surface area contributed by atoms with Crippen LogP contribution in [0.1, 0.15) is 12.5 Å². The molecule has 3 aromatic rings. The Morgan fingerprint density at radius 2 is 1.93 bits per heavy atom. The summed E-state index contributed by atoms with van der Waals surface area (Å²) in [5.74, 6) is 5.99. The van der Waals surface area contributed by atoms with E-state index in [1.54, 1.807) is 31.5 Å². The first kappa shape index (κ1) is 19.7. The lowest BCUT2D eigenvalue weighted by atomic mass is 10.2. The molecule has 0 unspecified atom stereocenters. The van der Waals surface area contributed by atoms with E-state index in [2.05, 4.69) is 20.5 Å². The van der Waals surface area contributed by atoms with Gasteiger partial charge in [0.25, 0.3) is 0 Å². The van der Waals surface area contributed by atoms with Gasteiger partial charge in [0, 0.05) is 23.6 Å². The van der Waals surface area contributed by atoms with Crippen molar-refractivity contribution in [3.05, 3.63) is 54.4 Å². The van der Waals surface area contributed by atoms with Gasteiger partial charge in [-0.05, 0) is 43.3 Å². The second-order valence-electron chi connectivity index (χ2n) is 5.74. The van der Waals surface area contributed by atoms with Crippen molar-refractivity contribution in [2.45, 2.75) is 23.5 Å². The molecule has 2 heterocycles. The molecule has 146 valence electrons. The molecule has 1 aromatic carbocycles. The Hall–Kier alpha value is -3.08. The molecule has 0 radical (unpaired) electrons. The summed E-state index contributed by atoms with van der Waals surface area (Å²) < 4.78 is 39.0. The summed E-state index contributed by atoms with van der Waals surface area (Å²) >= 11 is 1.07. The van der Waals surface area contributed by atoms with Gasteiger partial charge in [-0.1, -0.05) is 11.8 Å². The first-order valence-electron chi connectivity index (χ1n) is 8.01. The molecule has 0 aliphatic carbocycles. The summed E-state index contributed by atoms with van der Waals surface area (Å²) in [6, 6.07) is 7.72. The second kappa shape index (κ2) is 7.89. The summed E-state index contributed by atoms with van der Waals surface area (Å²) in [6.07, 6.45) is -1.23. The minimum absolute atomic E-state index is 0.260. The van der Waals surface area contributed by atoms with Crippen LogP contribution in [0.25, 0.3) is 11.4 Å². The number of carbonyl (C=O) groups is 1. The molecular formula is C17H15F3N6OS. The van der Waals surface area contributed by atoms with E-state index < -0.39 is 22.9 Å². The van der Waals surface area contributed by atoms with Crippen LogP contribution in [0.3, 0.4) is 0 Å². The largest absolute Gasteiger partial charge is 0.416 e. The molecule has 11 heteroatoms. The molecule has 0 fully saturated rings. The minimum atomic E-state index is -4.43. The lowest BCUT2D eigenvalue weighted by Crippen LogP contribution is -2.23. The number of nitrogens with two attached hydrogens (primary N) is 1. The third-order valence-electron chi connectivity index (χ3n) is 3.72. The van der Waals surface area contributed by atoms with Crippen LogP contribution in [-0.4, -0.2) is 31.0 Å². The van der Waals surface area contributed by atoms with Crippen molar-refractivity contribution in [1.82, 2.24) is 19.9 Å². The second-order valence-corrected chi connectivity index (χ2v) is 7.05. The number of halogens is 3. The Bertz CT molecular complexity index is 959. The predicted octanol–water partition coefficient (Wildman–Crippen LogP) is 3.19. The van der Waals surface area contributed by atoms with Gasteiger partial charge < -0.3 is 11.2 Å². The lowest BCUT2D eigenvalue weighted by molar-refractivity contribution is -0.137. The number of nitrogens with zero attached hydrogens (tertiary/aromatic N) is 4. The molecule has 0 aliphatic heterocycles. The Labute approximate surface area is 162 Å². The monoisotopic (exact) mass is 408 g/mol. The molecule has 0 saturated heterocycles. The number of nitrogen functional groups attached to an aromatic ring is 1. The zero-order valence-electron chi connectivity index (χ0n) is 14.5. The Morgan fingerprint density at radius 1 is 1.21 bits per heavy atom. The Kier molecular flexibility index (Phi) is 5.54. The van der Waals surface area contributed by atoms with E-state index in [4.69, 9.17) is 5.84 Å². The number of anilines is 1. The zero-order chi connectivity index (χ0) is 20.3. The number of thioether (sulfide) groups is 1. The molecule has 3 rings (SSSR count). The summed E-state index contributed by atoms with van der Waals surface area (Å²) in [5, 5.41) is 10.2. The number of hydrogen-bond acceptors (Lipinski definition) is 6. The number of benzene rings is 1. The fourth-order valence-electron chi connectivity index (χ4n) is 2.25. The third-order valence-corrected chi connectivity index (χ3v) is 4.77. The highest BCUT2D eigenvalue weighted by atomic mass is 32.2. The number of hydrogen-bond donors (Lipinski definition) is 2. The Morgan fingerprint density at radius 3 is 2.54 bits per heavy atom. The van der Waals surface area contributed by atoms with Gasteiger partial charge in [0.15, 0.2) is 5.82 Å². The van der Waals surface area contributed by atoms with Gasteiger partial charge in [-0.25, -0.2) is 4.68 Å². The van der Waals surface area contributed by atoms with Crippen molar-refractivity contribution in [3.63, 3.8) is 0 Å². The fraction of sp³-hybridized carbons (Fsp3) is 0.176. The molecule has 2 aromatic heterocycles. The number of carbonyl (C=O) groups excluding carboxylic acids is 1. The number of pyridine rings is 1. The van der Waals surface area contributed by atoms with Crippen LogP contribution in [0.5, 0.6) is 0 Å². The minimum Gasteiger partial charge on any atom is -0.335 e. The average Bonchev–Trinajstić information content (AvgIpc) is 3.02. The summed E-state index contributed by atoms with van der Waals surface area (Å²) in [7, 11) is 0. The molecule has 0 spiro atoms. The van der Waals surface area contributed by atoms with Crippen LogP contribution in [0.4, 0.5) is 18.9 Å². The van der Waals surface area contributed by atoms with Crippen LogP contribution in [0.15, 0.2) is 53.9 Å². The van der Waals surface area contributed by atoms with Crippen LogP contribution in [-0.2, 0) is 11.0 Å². The zero-order valence-corrected chi connectivity index (χ0v) is 15.3. The van der Waals surface area contributed by atoms with Gasteiger partial charge >= 0.3 is 6.18 Å². The van der Waals surface area contributed by atoms with E-state index in [1.165, 1.54) is 16.8 Å². The molecule has 0 aliphatic rings. The van der Waals surface area contributed by atoms with E-state index in [9.17, 15) is 18.0 Å². The molecule has 0 bridgehead atoms. The highest BCUT2D eigenvalue weighted by Gasteiger charge is 2.30. The quantitative estimate of drug-likeness (QED) is 0.497. The van der Waals surface area contributed by atoms with Crippen LogP contribution in [0.2, 0.25) is 0 Å². The summed E-state index contributed by atoms with van der Waals surface area (Å²) in [4.78, 5) is 16.3. The van der Waals surface area contributed by atoms with Gasteiger partial charge in [-0.3, -0.25) is 9.78 Å². The number of aromatic nitrogens is 4. The molecule has 28 heavy (non-hydrogen) atoms. The third kappa shape index (κ3) is 4.42. The predicted molar refractivity (Wildman–Crippen MR) is 98.8 cm³/mol. The molecule has 7 nitrogen and oxygen atoms in total. The number of rotatable bonds is 5. The fourth-order valence-corrected chi connectivity index (χ4v) is 3.02. The first-order valence-corrected chi connectivity index (χ1v) is 8.89. The standard InChI is InChI=1S/C17H15F3N6OS/c1-10(15(27)23-13-6-4-12(5-7-13)17(18,19)20)28-16-25-24-14(26(16)21)11-3-2-8-22-9-11/h2-10H,21H2,1H3,(H,23,27)/t10-/m0/s1. The van der Waals surface area contributed by atoms with Crippen molar-refractivity contribution in [2.24, 2.45) is 0 Å². The molecule has 3 N–H and O–H groups in total. The topological polar surface area (TPSA) is 98.7 Å². The highest BCUT2D eigenvalue weighted by molar-refractivity contribution is 8.00. The van der Waals surface area contributed by atoms with Crippen molar-refractivity contribution >= 4 is 23.4 Å². The molecule has 0 saturated carbocycles. The summed E-state index contributed by atoms with van der Waals surface area (Å²) in [5.41, 5.74) is 0.147. The van der Waals surface area contributed by atoms with E-state index in [0.29, 0.717) is 16.5 Å². The molecular weight excluding hydrogens is 393 g/mol. The average molecular weight is 408 g/mol. The van der Waals surface area contributed by atoms with E-state index in [1.807, 2.05) is 0 Å². The maximum atomic E-state index is 12.6. The first-order chi connectivity index (χ1) is 13.3. The highest BCUT2D eigenvalue weighted by Crippen LogP contribution is 2.30. The van der Waals surface area contributed by atoms with Crippen molar-refractivity contribution in [2.75, 3.05) is 11.2 Å². The van der Waals surface area contributed by atoms with Crippen molar-refractivity contribution in [3.8, 4) is 11.4 Å². The molecule has 1 amide bonds. The van der Waals surface area contributed by atoms with Gasteiger partial charge in [-0.15, -0.1) is 10.2 Å². The number of nitrogens with one attached hydrogen (secondary N) is 1. The maximum absolute atomic E-state index is 12.6. The van der Waals surface area contributed by atoms with Crippen LogP contribution < -0.4 is 11.2 Å². The Balaban J connectivity index is 1.66. The SMILES string of the molecule is C[C@H](Sc1nnc(-c2cccnc2)n1N)C(=O)Nc1ccc(C(F)(F)F)cc1. The van der Waals surface area contributed by atoms with E-state index >= 15 is 0 Å². The van der Waals surface area contributed by atoms with Crippen molar-refractivity contribution < 1.29 is 18.0 Å². The van der Waals surface area contributed by atoms with Gasteiger partial charge in [-0.2, -0.15) is 13.2 Å². The smallest absolute Gasteiger partial charge is 0.335 e. The van der Waals surface area contributed by atoms with Crippen LogP contribution >= 0.6 is 11.8 Å². The summed E-state index contributed by atoms with van der Waals surface area (Å²) in [6.45, 7) is 1.63. The molecule has 1 atom stereocenters. The number of alkyl halides is 3. The van der Waals surface area contributed by atoms with Gasteiger partial charge in [0.1, 0.15) is 0 Å². The van der Waals surface area contributed by atoms with Crippen LogP contribution in [0, 0.1) is 0 Å². The van der Waals surface area contributed by atoms with E-state index in [0.717, 1.165) is 23.9 Å². The maximum Gasteiger partial charge on any atom is 0.416 e. The van der Waals surface area contributed by atoms with E-state index in [-0.39, 0.29) is 5.69 Å². The normalized spacial score (nSPS) is 12.6. The van der Waals surface area contributed by atoms with Gasteiger partial charge in [0.05, 0.1) is 10.8 Å². The van der Waals surface area contributed by atoms with Gasteiger partial charge in [0.2, 0.25) is 11.1 Å². The van der Waals surface area contributed by atoms with Crippen molar-refractivity contribution in [1.29, 1.82) is 0 Å². The lowest BCUT2D eigenvalue weighted by Gasteiger charge is -2.12. The number of amides is 1.